The van der Waals surface area contributed by atoms with Crippen LogP contribution in [0, 0.1) is 23.2 Å². The van der Waals surface area contributed by atoms with Crippen molar-refractivity contribution >= 4 is 11.6 Å². The van der Waals surface area contributed by atoms with Crippen LogP contribution in [0.2, 0.25) is 0 Å². The summed E-state index contributed by atoms with van der Waals surface area (Å²) in [6, 6.07) is 4.40. The Balaban J connectivity index is 2.21. The van der Waals surface area contributed by atoms with Crippen molar-refractivity contribution in [3.8, 4) is 6.07 Å². The quantitative estimate of drug-likeness (QED) is 0.881. The van der Waals surface area contributed by atoms with Crippen LogP contribution in [-0.4, -0.2) is 19.0 Å². The second kappa shape index (κ2) is 5.74. The average Bonchev–Trinajstić information content (AvgIpc) is 2.84. The van der Waals surface area contributed by atoms with Gasteiger partial charge in [-0.25, -0.2) is 0 Å². The summed E-state index contributed by atoms with van der Waals surface area (Å²) >= 11 is 0. The molecule has 1 aliphatic rings. The fourth-order valence-corrected chi connectivity index (χ4v) is 2.31. The van der Waals surface area contributed by atoms with E-state index in [2.05, 4.69) is 10.6 Å². The van der Waals surface area contributed by atoms with E-state index in [4.69, 9.17) is 5.26 Å². The maximum Gasteiger partial charge on any atom is 0.416 e. The Kier molecular flexibility index (Phi) is 4.19. The molecule has 0 saturated carbocycles. The van der Waals surface area contributed by atoms with Crippen LogP contribution in [0.25, 0.3) is 0 Å². The molecule has 1 aromatic carbocycles. The van der Waals surface area contributed by atoms with Gasteiger partial charge in [0, 0.05) is 6.54 Å². The number of hydrogen-bond donors (Lipinski definition) is 2. The summed E-state index contributed by atoms with van der Waals surface area (Å²) in [5, 5.41) is 14.6. The third-order valence-electron chi connectivity index (χ3n) is 3.58. The molecule has 0 spiro atoms. The molecule has 1 fully saturated rings. The fraction of sp³-hybridized carbons (Fsp3) is 0.429. The third kappa shape index (κ3) is 3.34. The summed E-state index contributed by atoms with van der Waals surface area (Å²) in [5.74, 6) is -0.396. The van der Waals surface area contributed by atoms with E-state index >= 15 is 0 Å². The molecule has 2 rings (SSSR count). The summed E-state index contributed by atoms with van der Waals surface area (Å²) < 4.78 is 37.8. The predicted molar refractivity (Wildman–Crippen MR) is 70.3 cm³/mol. The first-order valence-electron chi connectivity index (χ1n) is 6.46. The van der Waals surface area contributed by atoms with Gasteiger partial charge in [-0.2, -0.15) is 18.4 Å². The molecule has 0 bridgehead atoms. The molecular formula is C14H14F3N3O. The number of hydrogen-bond acceptors (Lipinski definition) is 3. The van der Waals surface area contributed by atoms with Gasteiger partial charge < -0.3 is 10.6 Å². The Morgan fingerprint density at radius 1 is 1.43 bits per heavy atom. The number of nitriles is 1. The van der Waals surface area contributed by atoms with Crippen molar-refractivity contribution in [1.29, 1.82) is 5.26 Å². The topological polar surface area (TPSA) is 64.9 Å². The number of amides is 1. The number of nitrogens with one attached hydrogen (secondary N) is 2. The molecule has 0 radical (unpaired) electrons. The summed E-state index contributed by atoms with van der Waals surface area (Å²) in [6.07, 6.45) is -4.52. The molecule has 1 saturated heterocycles. The van der Waals surface area contributed by atoms with Gasteiger partial charge in [0.05, 0.1) is 22.7 Å². The van der Waals surface area contributed by atoms with Gasteiger partial charge in [0.25, 0.3) is 0 Å². The molecule has 0 aliphatic carbocycles. The predicted octanol–water partition coefficient (Wildman–Crippen LogP) is 2.37. The van der Waals surface area contributed by atoms with Crippen molar-refractivity contribution in [3.05, 3.63) is 29.3 Å². The van der Waals surface area contributed by atoms with Gasteiger partial charge in [-0.3, -0.25) is 4.79 Å². The molecule has 7 heteroatoms. The Labute approximate surface area is 119 Å². The summed E-state index contributed by atoms with van der Waals surface area (Å²) in [7, 11) is 0. The second-order valence-electron chi connectivity index (χ2n) is 5.10. The lowest BCUT2D eigenvalue weighted by Crippen LogP contribution is -2.28. The van der Waals surface area contributed by atoms with Gasteiger partial charge in [0.1, 0.15) is 6.07 Å². The van der Waals surface area contributed by atoms with E-state index in [1.54, 1.807) is 6.07 Å². The number of alkyl halides is 3. The highest BCUT2D eigenvalue weighted by Crippen LogP contribution is 2.32. The van der Waals surface area contributed by atoms with Crippen molar-refractivity contribution in [2.24, 2.45) is 11.8 Å². The number of nitrogens with zero attached hydrogens (tertiary/aromatic N) is 1. The van der Waals surface area contributed by atoms with Gasteiger partial charge in [-0.1, -0.05) is 6.92 Å². The highest BCUT2D eigenvalue weighted by Gasteiger charge is 2.32. The van der Waals surface area contributed by atoms with Gasteiger partial charge in [0.15, 0.2) is 0 Å². The number of anilines is 1. The number of carbonyl (C=O) groups is 1. The maximum atomic E-state index is 12.6. The normalized spacial score (nSPS) is 21.9. The minimum atomic E-state index is -4.52. The third-order valence-corrected chi connectivity index (χ3v) is 3.58. The minimum absolute atomic E-state index is 0.106. The maximum absolute atomic E-state index is 12.6. The molecule has 0 unspecified atom stereocenters. The van der Waals surface area contributed by atoms with Crippen molar-refractivity contribution in [2.45, 2.75) is 13.1 Å². The largest absolute Gasteiger partial charge is 0.416 e. The molecule has 1 amide bonds. The first-order chi connectivity index (χ1) is 9.82. The molecule has 4 nitrogen and oxygen atoms in total. The molecule has 1 heterocycles. The van der Waals surface area contributed by atoms with Gasteiger partial charge >= 0.3 is 6.18 Å². The van der Waals surface area contributed by atoms with Crippen LogP contribution < -0.4 is 10.6 Å². The highest BCUT2D eigenvalue weighted by atomic mass is 19.4. The molecule has 1 aromatic rings. The van der Waals surface area contributed by atoms with E-state index in [-0.39, 0.29) is 29.0 Å². The van der Waals surface area contributed by atoms with Crippen LogP contribution >= 0.6 is 0 Å². The van der Waals surface area contributed by atoms with Gasteiger partial charge in [-0.15, -0.1) is 0 Å². The zero-order valence-electron chi connectivity index (χ0n) is 11.3. The van der Waals surface area contributed by atoms with E-state index in [0.29, 0.717) is 6.54 Å². The lowest BCUT2D eigenvalue weighted by atomic mass is 9.97. The van der Waals surface area contributed by atoms with Crippen molar-refractivity contribution < 1.29 is 18.0 Å². The summed E-state index contributed by atoms with van der Waals surface area (Å²) in [5.41, 5.74) is -1.00. The molecule has 1 aliphatic heterocycles. The average molecular weight is 297 g/mol. The van der Waals surface area contributed by atoms with Crippen LogP contribution in [0.15, 0.2) is 18.2 Å². The van der Waals surface area contributed by atoms with Crippen LogP contribution in [0.1, 0.15) is 18.1 Å². The second-order valence-corrected chi connectivity index (χ2v) is 5.10. The first-order valence-corrected chi connectivity index (χ1v) is 6.46. The number of rotatable bonds is 2. The SMILES string of the molecule is C[C@@H]1CNC[C@H]1C(=O)Nc1ccc(C(F)(F)F)cc1C#N. The summed E-state index contributed by atoms with van der Waals surface area (Å²) in [4.78, 5) is 12.1. The zero-order chi connectivity index (χ0) is 15.6. The number of benzene rings is 1. The van der Waals surface area contributed by atoms with E-state index in [1.165, 1.54) is 0 Å². The first kappa shape index (κ1) is 15.3. The van der Waals surface area contributed by atoms with E-state index in [9.17, 15) is 18.0 Å². The Morgan fingerprint density at radius 2 is 2.14 bits per heavy atom. The molecule has 2 N–H and O–H groups in total. The van der Waals surface area contributed by atoms with Crippen molar-refractivity contribution in [1.82, 2.24) is 5.32 Å². The van der Waals surface area contributed by atoms with Crippen molar-refractivity contribution in [2.75, 3.05) is 18.4 Å². The van der Waals surface area contributed by atoms with Gasteiger partial charge in [0.2, 0.25) is 5.91 Å². The highest BCUT2D eigenvalue weighted by molar-refractivity contribution is 5.94. The van der Waals surface area contributed by atoms with E-state index < -0.39 is 11.7 Å². The molecule has 0 aromatic heterocycles. The lowest BCUT2D eigenvalue weighted by molar-refractivity contribution is -0.137. The Bertz CT molecular complexity index is 592. The molecule has 2 atom stereocenters. The lowest BCUT2D eigenvalue weighted by Gasteiger charge is -2.15. The van der Waals surface area contributed by atoms with Crippen LogP contribution in [-0.2, 0) is 11.0 Å². The number of halogens is 3. The summed E-state index contributed by atoms with van der Waals surface area (Å²) in [6.45, 7) is 3.16. The molecule has 21 heavy (non-hydrogen) atoms. The standard InChI is InChI=1S/C14H14F3N3O/c1-8-6-19-7-11(8)13(21)20-12-3-2-10(14(15,16)17)4-9(12)5-18/h2-4,8,11,19H,6-7H2,1H3,(H,20,21)/t8-,11-/m1/s1. The monoisotopic (exact) mass is 297 g/mol. The fourth-order valence-electron chi connectivity index (χ4n) is 2.31. The Hall–Kier alpha value is -2.07. The van der Waals surface area contributed by atoms with Crippen LogP contribution in [0.4, 0.5) is 18.9 Å². The van der Waals surface area contributed by atoms with Crippen molar-refractivity contribution in [3.63, 3.8) is 0 Å². The van der Waals surface area contributed by atoms with E-state index in [0.717, 1.165) is 24.7 Å². The molecule has 112 valence electrons. The minimum Gasteiger partial charge on any atom is -0.325 e. The van der Waals surface area contributed by atoms with Gasteiger partial charge in [-0.05, 0) is 30.7 Å². The Morgan fingerprint density at radius 3 is 2.67 bits per heavy atom. The number of carbonyl (C=O) groups excluding carboxylic acids is 1. The zero-order valence-corrected chi connectivity index (χ0v) is 11.3. The van der Waals surface area contributed by atoms with E-state index in [1.807, 2.05) is 6.92 Å². The van der Waals surface area contributed by atoms with Crippen LogP contribution in [0.3, 0.4) is 0 Å². The molecular weight excluding hydrogens is 283 g/mol. The van der Waals surface area contributed by atoms with Crippen LogP contribution in [0.5, 0.6) is 0 Å². The smallest absolute Gasteiger partial charge is 0.325 e.